The molecule has 3 atom stereocenters. The van der Waals surface area contributed by atoms with Gasteiger partial charge in [0.1, 0.15) is 11.9 Å². The number of ether oxygens (including phenoxy) is 2. The van der Waals surface area contributed by atoms with Gasteiger partial charge >= 0.3 is 0 Å². The fourth-order valence-corrected chi connectivity index (χ4v) is 2.70. The molecule has 3 nitrogen and oxygen atoms in total. The molecule has 2 rings (SSSR count). The number of benzene rings is 1. The van der Waals surface area contributed by atoms with Crippen molar-refractivity contribution in [3.63, 3.8) is 0 Å². The lowest BCUT2D eigenvalue weighted by Crippen LogP contribution is -2.29. The highest BCUT2D eigenvalue weighted by Crippen LogP contribution is 2.30. The summed E-state index contributed by atoms with van der Waals surface area (Å²) in [6.45, 7) is 3.80. The van der Waals surface area contributed by atoms with Gasteiger partial charge in [-0.2, -0.15) is 0 Å². The van der Waals surface area contributed by atoms with Crippen molar-refractivity contribution in [2.24, 2.45) is 0 Å². The SMILES string of the molecule is COC1CCCC(Oc2ccc(C)cc2[C@@H](C)O)C1. The average Bonchev–Trinajstić information content (AvgIpc) is 2.41. The largest absolute Gasteiger partial charge is 0.490 e. The third kappa shape index (κ3) is 3.71. The van der Waals surface area contributed by atoms with E-state index in [0.717, 1.165) is 42.6 Å². The molecule has 1 N–H and O–H groups in total. The van der Waals surface area contributed by atoms with Crippen molar-refractivity contribution in [1.82, 2.24) is 0 Å². The Morgan fingerprint density at radius 2 is 2.00 bits per heavy atom. The van der Waals surface area contributed by atoms with Crippen LogP contribution in [-0.4, -0.2) is 24.4 Å². The lowest BCUT2D eigenvalue weighted by atomic mass is 9.94. The topological polar surface area (TPSA) is 38.7 Å². The first-order valence-electron chi connectivity index (χ1n) is 7.08. The molecule has 0 bridgehead atoms. The van der Waals surface area contributed by atoms with Crippen LogP contribution in [-0.2, 0) is 4.74 Å². The second kappa shape index (κ2) is 6.40. The average molecular weight is 264 g/mol. The Bertz CT molecular complexity index is 414. The van der Waals surface area contributed by atoms with E-state index in [1.54, 1.807) is 14.0 Å². The van der Waals surface area contributed by atoms with Gasteiger partial charge in [-0.25, -0.2) is 0 Å². The predicted octanol–water partition coefficient (Wildman–Crippen LogP) is 3.38. The number of aliphatic hydroxyl groups is 1. The molecule has 1 fully saturated rings. The molecule has 1 aliphatic rings. The van der Waals surface area contributed by atoms with Gasteiger partial charge in [-0.3, -0.25) is 0 Å². The minimum Gasteiger partial charge on any atom is -0.490 e. The molecule has 106 valence electrons. The van der Waals surface area contributed by atoms with E-state index in [1.807, 2.05) is 25.1 Å². The van der Waals surface area contributed by atoms with Gasteiger partial charge in [0, 0.05) is 19.1 Å². The van der Waals surface area contributed by atoms with Gasteiger partial charge in [-0.15, -0.1) is 0 Å². The van der Waals surface area contributed by atoms with Gasteiger partial charge in [0.05, 0.1) is 12.2 Å². The molecule has 3 heteroatoms. The fourth-order valence-electron chi connectivity index (χ4n) is 2.70. The van der Waals surface area contributed by atoms with Crippen LogP contribution in [0.4, 0.5) is 0 Å². The molecule has 19 heavy (non-hydrogen) atoms. The van der Waals surface area contributed by atoms with Gasteiger partial charge in [0.2, 0.25) is 0 Å². The highest BCUT2D eigenvalue weighted by atomic mass is 16.5. The lowest BCUT2D eigenvalue weighted by molar-refractivity contribution is 0.0199. The zero-order valence-electron chi connectivity index (χ0n) is 12.1. The van der Waals surface area contributed by atoms with Crippen LogP contribution in [0.2, 0.25) is 0 Å². The summed E-state index contributed by atoms with van der Waals surface area (Å²) in [5.74, 6) is 0.808. The molecule has 0 radical (unpaired) electrons. The maximum absolute atomic E-state index is 9.85. The molecular formula is C16H24O3. The van der Waals surface area contributed by atoms with Crippen LogP contribution in [0.25, 0.3) is 0 Å². The predicted molar refractivity (Wildman–Crippen MR) is 75.5 cm³/mol. The number of hydrogen-bond acceptors (Lipinski definition) is 3. The first-order valence-corrected chi connectivity index (χ1v) is 7.08. The van der Waals surface area contributed by atoms with Crippen molar-refractivity contribution in [2.75, 3.05) is 7.11 Å². The van der Waals surface area contributed by atoms with Crippen LogP contribution >= 0.6 is 0 Å². The first-order chi connectivity index (χ1) is 9.10. The summed E-state index contributed by atoms with van der Waals surface area (Å²) in [4.78, 5) is 0. The second-order valence-electron chi connectivity index (χ2n) is 5.48. The molecule has 0 amide bonds. The summed E-state index contributed by atoms with van der Waals surface area (Å²) in [6, 6.07) is 5.99. The maximum Gasteiger partial charge on any atom is 0.125 e. The van der Waals surface area contributed by atoms with E-state index in [0.29, 0.717) is 6.10 Å². The lowest BCUT2D eigenvalue weighted by Gasteiger charge is -2.29. The number of aliphatic hydroxyl groups excluding tert-OH is 1. The van der Waals surface area contributed by atoms with Gasteiger partial charge < -0.3 is 14.6 Å². The minimum atomic E-state index is -0.503. The van der Waals surface area contributed by atoms with E-state index in [-0.39, 0.29) is 6.10 Å². The van der Waals surface area contributed by atoms with Crippen LogP contribution in [0.5, 0.6) is 5.75 Å². The summed E-state index contributed by atoms with van der Waals surface area (Å²) < 4.78 is 11.5. The number of methoxy groups -OCH3 is 1. The van der Waals surface area contributed by atoms with E-state index < -0.39 is 6.10 Å². The van der Waals surface area contributed by atoms with E-state index in [9.17, 15) is 5.11 Å². The summed E-state index contributed by atoms with van der Waals surface area (Å²) in [7, 11) is 1.76. The monoisotopic (exact) mass is 264 g/mol. The highest BCUT2D eigenvalue weighted by molar-refractivity contribution is 5.38. The molecular weight excluding hydrogens is 240 g/mol. The summed E-state index contributed by atoms with van der Waals surface area (Å²) >= 11 is 0. The van der Waals surface area contributed by atoms with E-state index >= 15 is 0 Å². The molecule has 1 aromatic carbocycles. The smallest absolute Gasteiger partial charge is 0.125 e. The molecule has 1 aromatic rings. The number of aryl methyl sites for hydroxylation is 1. The molecule has 0 heterocycles. The molecule has 2 unspecified atom stereocenters. The van der Waals surface area contributed by atoms with Crippen molar-refractivity contribution in [3.8, 4) is 5.75 Å². The van der Waals surface area contributed by atoms with Crippen molar-refractivity contribution in [1.29, 1.82) is 0 Å². The fraction of sp³-hybridized carbons (Fsp3) is 0.625. The number of hydrogen-bond donors (Lipinski definition) is 1. The Morgan fingerprint density at radius 1 is 1.26 bits per heavy atom. The second-order valence-corrected chi connectivity index (χ2v) is 5.48. The summed E-state index contributed by atoms with van der Waals surface area (Å²) in [5, 5.41) is 9.85. The van der Waals surface area contributed by atoms with Crippen molar-refractivity contribution in [2.45, 2.75) is 57.8 Å². The number of rotatable bonds is 4. The Balaban J connectivity index is 2.10. The normalized spacial score (nSPS) is 25.1. The van der Waals surface area contributed by atoms with Crippen LogP contribution in [0.3, 0.4) is 0 Å². The van der Waals surface area contributed by atoms with Crippen LogP contribution in [0.15, 0.2) is 18.2 Å². The Morgan fingerprint density at radius 3 is 2.68 bits per heavy atom. The zero-order valence-corrected chi connectivity index (χ0v) is 12.1. The quantitative estimate of drug-likeness (QED) is 0.906. The summed E-state index contributed by atoms with van der Waals surface area (Å²) in [5.41, 5.74) is 2.02. The van der Waals surface area contributed by atoms with Crippen molar-refractivity contribution < 1.29 is 14.6 Å². The minimum absolute atomic E-state index is 0.193. The zero-order chi connectivity index (χ0) is 13.8. The third-order valence-electron chi connectivity index (χ3n) is 3.82. The molecule has 0 saturated heterocycles. The Labute approximate surface area is 115 Å². The molecule has 1 aliphatic carbocycles. The Hall–Kier alpha value is -1.06. The Kier molecular flexibility index (Phi) is 4.83. The van der Waals surface area contributed by atoms with Gasteiger partial charge in [0.15, 0.2) is 0 Å². The van der Waals surface area contributed by atoms with Gasteiger partial charge in [-0.05, 0) is 45.2 Å². The van der Waals surface area contributed by atoms with Crippen LogP contribution < -0.4 is 4.74 Å². The van der Waals surface area contributed by atoms with Crippen LogP contribution in [0.1, 0.15) is 49.8 Å². The molecule has 0 aliphatic heterocycles. The van der Waals surface area contributed by atoms with E-state index in [1.165, 1.54) is 0 Å². The first kappa shape index (κ1) is 14.4. The molecule has 1 saturated carbocycles. The van der Waals surface area contributed by atoms with Crippen LogP contribution in [0, 0.1) is 6.92 Å². The standard InChI is InChI=1S/C16H24O3/c1-11-7-8-16(15(9-11)12(2)17)19-14-6-4-5-13(10-14)18-3/h7-9,12-14,17H,4-6,10H2,1-3H3/t12-,13?,14?/m1/s1. The van der Waals surface area contributed by atoms with Crippen molar-refractivity contribution in [3.05, 3.63) is 29.3 Å². The van der Waals surface area contributed by atoms with Gasteiger partial charge in [-0.1, -0.05) is 11.6 Å². The van der Waals surface area contributed by atoms with E-state index in [2.05, 4.69) is 0 Å². The maximum atomic E-state index is 9.85. The molecule has 0 spiro atoms. The molecule has 0 aromatic heterocycles. The van der Waals surface area contributed by atoms with Gasteiger partial charge in [0.25, 0.3) is 0 Å². The summed E-state index contributed by atoms with van der Waals surface area (Å²) in [6.07, 6.45) is 4.25. The third-order valence-corrected chi connectivity index (χ3v) is 3.82. The van der Waals surface area contributed by atoms with Crippen molar-refractivity contribution >= 4 is 0 Å². The van der Waals surface area contributed by atoms with E-state index in [4.69, 9.17) is 9.47 Å². The highest BCUT2D eigenvalue weighted by Gasteiger charge is 2.24.